The number of aromatic nitrogens is 2. The second-order valence-electron chi connectivity index (χ2n) is 6.42. The molecule has 3 aromatic carbocycles. The number of nitrogens with zero attached hydrogens (tertiary/aromatic N) is 2. The van der Waals surface area contributed by atoms with Gasteiger partial charge in [0.2, 0.25) is 0 Å². The van der Waals surface area contributed by atoms with E-state index in [2.05, 4.69) is 33.0 Å². The number of furan rings is 2. The maximum atomic E-state index is 5.92. The van der Waals surface area contributed by atoms with Crippen LogP contribution >= 0.6 is 15.9 Å². The van der Waals surface area contributed by atoms with E-state index in [1.165, 1.54) is 0 Å². The van der Waals surface area contributed by atoms with Crippen LogP contribution in [-0.2, 0) is 0 Å². The second-order valence-corrected chi connectivity index (χ2v) is 7.17. The Morgan fingerprint density at radius 2 is 1.37 bits per heavy atom. The van der Waals surface area contributed by atoms with Crippen molar-refractivity contribution in [2.75, 3.05) is 0 Å². The van der Waals surface area contributed by atoms with Gasteiger partial charge in [-0.15, -0.1) is 0 Å². The first-order chi connectivity index (χ1) is 13.3. The van der Waals surface area contributed by atoms with Crippen LogP contribution in [0.4, 0.5) is 0 Å². The SMILES string of the molecule is Brc1nc(-c2ccc3oc4ccccc4c3c2)nc2c1oc1ccccc12. The van der Waals surface area contributed by atoms with Crippen LogP contribution in [0.25, 0.3) is 55.4 Å². The molecule has 0 amide bonds. The first-order valence-electron chi connectivity index (χ1n) is 8.54. The van der Waals surface area contributed by atoms with E-state index in [0.29, 0.717) is 16.0 Å². The maximum Gasteiger partial charge on any atom is 0.186 e. The smallest absolute Gasteiger partial charge is 0.186 e. The summed E-state index contributed by atoms with van der Waals surface area (Å²) < 4.78 is 12.5. The Kier molecular flexibility index (Phi) is 2.99. The molecule has 0 saturated heterocycles. The van der Waals surface area contributed by atoms with Crippen molar-refractivity contribution in [3.8, 4) is 11.4 Å². The van der Waals surface area contributed by atoms with E-state index in [0.717, 1.165) is 44.0 Å². The van der Waals surface area contributed by atoms with Gasteiger partial charge in [-0.1, -0.05) is 30.3 Å². The van der Waals surface area contributed by atoms with Crippen LogP contribution in [0.15, 0.2) is 80.2 Å². The largest absolute Gasteiger partial charge is 0.456 e. The van der Waals surface area contributed by atoms with E-state index in [1.807, 2.05) is 54.6 Å². The highest BCUT2D eigenvalue weighted by atomic mass is 79.9. The average Bonchev–Trinajstić information content (AvgIpc) is 3.26. The van der Waals surface area contributed by atoms with Gasteiger partial charge in [-0.2, -0.15) is 0 Å². The lowest BCUT2D eigenvalue weighted by molar-refractivity contribution is 0.663. The van der Waals surface area contributed by atoms with Gasteiger partial charge in [0, 0.05) is 21.7 Å². The molecular weight excluding hydrogens is 404 g/mol. The minimum absolute atomic E-state index is 0.646. The van der Waals surface area contributed by atoms with Gasteiger partial charge < -0.3 is 8.83 Å². The van der Waals surface area contributed by atoms with Gasteiger partial charge >= 0.3 is 0 Å². The van der Waals surface area contributed by atoms with Gasteiger partial charge in [-0.05, 0) is 52.3 Å². The number of fused-ring (bicyclic) bond motifs is 6. The Bertz CT molecular complexity index is 1500. The van der Waals surface area contributed by atoms with E-state index in [-0.39, 0.29) is 0 Å². The van der Waals surface area contributed by atoms with E-state index in [4.69, 9.17) is 13.8 Å². The third kappa shape index (κ3) is 2.15. The second kappa shape index (κ2) is 5.41. The number of halogens is 1. The number of rotatable bonds is 1. The molecule has 6 rings (SSSR count). The molecule has 6 aromatic rings. The zero-order valence-corrected chi connectivity index (χ0v) is 15.5. The van der Waals surface area contributed by atoms with E-state index in [1.54, 1.807) is 0 Å². The molecular formula is C22H11BrN2O2. The molecule has 0 fully saturated rings. The molecule has 128 valence electrons. The molecule has 0 aliphatic carbocycles. The molecule has 0 aliphatic heterocycles. The lowest BCUT2D eigenvalue weighted by Crippen LogP contribution is -1.90. The van der Waals surface area contributed by atoms with Crippen LogP contribution in [0.3, 0.4) is 0 Å². The van der Waals surface area contributed by atoms with Crippen molar-refractivity contribution in [3.63, 3.8) is 0 Å². The van der Waals surface area contributed by atoms with Crippen molar-refractivity contribution in [3.05, 3.63) is 71.3 Å². The number of hydrogen-bond acceptors (Lipinski definition) is 4. The van der Waals surface area contributed by atoms with Crippen LogP contribution in [-0.4, -0.2) is 9.97 Å². The summed E-state index contributed by atoms with van der Waals surface area (Å²) in [5.74, 6) is 0.646. The van der Waals surface area contributed by atoms with Gasteiger partial charge in [0.15, 0.2) is 16.0 Å². The molecule has 0 radical (unpaired) electrons. The number of benzene rings is 3. The molecule has 3 aromatic heterocycles. The van der Waals surface area contributed by atoms with Crippen molar-refractivity contribution < 1.29 is 8.83 Å². The maximum absolute atomic E-state index is 5.92. The van der Waals surface area contributed by atoms with Gasteiger partial charge in [0.05, 0.1) is 0 Å². The molecule has 0 unspecified atom stereocenters. The Labute approximate surface area is 161 Å². The first kappa shape index (κ1) is 14.9. The summed E-state index contributed by atoms with van der Waals surface area (Å²) >= 11 is 3.54. The predicted octanol–water partition coefficient (Wildman–Crippen LogP) is 6.70. The Hall–Kier alpha value is -3.18. The van der Waals surface area contributed by atoms with Gasteiger partial charge in [-0.25, -0.2) is 9.97 Å². The quantitative estimate of drug-likeness (QED) is 0.280. The zero-order valence-electron chi connectivity index (χ0n) is 13.9. The van der Waals surface area contributed by atoms with Crippen molar-refractivity contribution in [1.29, 1.82) is 0 Å². The van der Waals surface area contributed by atoms with Gasteiger partial charge in [0.25, 0.3) is 0 Å². The molecule has 27 heavy (non-hydrogen) atoms. The fourth-order valence-corrected chi connectivity index (χ4v) is 3.99. The Morgan fingerprint density at radius 1 is 0.667 bits per heavy atom. The van der Waals surface area contributed by atoms with Crippen molar-refractivity contribution in [1.82, 2.24) is 9.97 Å². The summed E-state index contributed by atoms with van der Waals surface area (Å²) in [7, 11) is 0. The highest BCUT2D eigenvalue weighted by molar-refractivity contribution is 9.10. The van der Waals surface area contributed by atoms with Crippen LogP contribution in [0.2, 0.25) is 0 Å². The number of hydrogen-bond donors (Lipinski definition) is 0. The summed E-state index contributed by atoms with van der Waals surface area (Å²) in [6.45, 7) is 0. The Morgan fingerprint density at radius 3 is 2.22 bits per heavy atom. The van der Waals surface area contributed by atoms with Crippen LogP contribution in [0.5, 0.6) is 0 Å². The predicted molar refractivity (Wildman–Crippen MR) is 110 cm³/mol. The van der Waals surface area contributed by atoms with Crippen molar-refractivity contribution in [2.45, 2.75) is 0 Å². The third-order valence-electron chi connectivity index (χ3n) is 4.81. The topological polar surface area (TPSA) is 52.1 Å². The highest BCUT2D eigenvalue weighted by Gasteiger charge is 2.16. The molecule has 0 N–H and O–H groups in total. The Balaban J connectivity index is 1.64. The van der Waals surface area contributed by atoms with E-state index in [9.17, 15) is 0 Å². The van der Waals surface area contributed by atoms with Crippen molar-refractivity contribution in [2.24, 2.45) is 0 Å². The van der Waals surface area contributed by atoms with Crippen LogP contribution in [0.1, 0.15) is 0 Å². The molecule has 3 heterocycles. The summed E-state index contributed by atoms with van der Waals surface area (Å²) in [6, 6.07) is 22.0. The van der Waals surface area contributed by atoms with E-state index >= 15 is 0 Å². The standard InChI is InChI=1S/C22H11BrN2O2/c23-21-20-19(14-6-2-4-8-17(14)27-20)24-22(25-21)12-9-10-18-15(11-12)13-5-1-3-7-16(13)26-18/h1-11H. The molecule has 0 atom stereocenters. The lowest BCUT2D eigenvalue weighted by atomic mass is 10.1. The van der Waals surface area contributed by atoms with Gasteiger partial charge in [0.1, 0.15) is 22.3 Å². The minimum atomic E-state index is 0.646. The normalized spacial score (nSPS) is 11.9. The highest BCUT2D eigenvalue weighted by Crippen LogP contribution is 2.35. The molecule has 0 saturated carbocycles. The first-order valence-corrected chi connectivity index (χ1v) is 9.34. The monoisotopic (exact) mass is 414 g/mol. The van der Waals surface area contributed by atoms with Gasteiger partial charge in [-0.3, -0.25) is 0 Å². The van der Waals surface area contributed by atoms with Crippen molar-refractivity contribution >= 4 is 59.9 Å². The summed E-state index contributed by atoms with van der Waals surface area (Å²) in [4.78, 5) is 9.42. The molecule has 4 nitrogen and oxygen atoms in total. The molecule has 0 spiro atoms. The third-order valence-corrected chi connectivity index (χ3v) is 5.35. The molecule has 5 heteroatoms. The fourth-order valence-electron chi connectivity index (χ4n) is 3.55. The zero-order chi connectivity index (χ0) is 18.0. The average molecular weight is 415 g/mol. The van der Waals surface area contributed by atoms with Crippen LogP contribution in [0, 0.1) is 0 Å². The fraction of sp³-hybridized carbons (Fsp3) is 0. The summed E-state index contributed by atoms with van der Waals surface area (Å²) in [5.41, 5.74) is 4.93. The van der Waals surface area contributed by atoms with E-state index < -0.39 is 0 Å². The number of para-hydroxylation sites is 2. The minimum Gasteiger partial charge on any atom is -0.456 e. The summed E-state index contributed by atoms with van der Waals surface area (Å²) in [5, 5.41) is 3.12. The molecule has 0 bridgehead atoms. The summed E-state index contributed by atoms with van der Waals surface area (Å²) in [6.07, 6.45) is 0. The lowest BCUT2D eigenvalue weighted by Gasteiger charge is -2.02. The van der Waals surface area contributed by atoms with Crippen LogP contribution < -0.4 is 0 Å². The molecule has 0 aliphatic rings.